The molecule has 0 saturated heterocycles. The van der Waals surface area contributed by atoms with Crippen molar-refractivity contribution in [2.75, 3.05) is 5.73 Å². The molecule has 2 heterocycles. The van der Waals surface area contributed by atoms with Crippen LogP contribution < -0.4 is 5.73 Å². The largest absolute Gasteiger partial charge is 0.508 e. The van der Waals surface area contributed by atoms with Crippen LogP contribution in [0.3, 0.4) is 0 Å². The van der Waals surface area contributed by atoms with Gasteiger partial charge in [-0.05, 0) is 23.8 Å². The molecule has 2 aromatic heterocycles. The van der Waals surface area contributed by atoms with Gasteiger partial charge >= 0.3 is 6.01 Å². The predicted molar refractivity (Wildman–Crippen MR) is 117 cm³/mol. The van der Waals surface area contributed by atoms with Gasteiger partial charge < -0.3 is 15.4 Å². The third-order valence-electron chi connectivity index (χ3n) is 4.79. The van der Waals surface area contributed by atoms with E-state index in [0.717, 1.165) is 26.8 Å². The third-order valence-corrected chi connectivity index (χ3v) is 5.94. The maximum atomic E-state index is 13.3. The van der Waals surface area contributed by atoms with Crippen LogP contribution in [0, 0.1) is 0 Å². The summed E-state index contributed by atoms with van der Waals surface area (Å²) in [6, 6.07) is 21.9. The molecular formula is C23H15N3O3S. The van der Waals surface area contributed by atoms with E-state index in [0.29, 0.717) is 16.3 Å². The van der Waals surface area contributed by atoms with E-state index in [1.807, 2.05) is 48.5 Å². The van der Waals surface area contributed by atoms with Crippen LogP contribution in [0.2, 0.25) is 0 Å². The van der Waals surface area contributed by atoms with Crippen LogP contribution in [-0.4, -0.2) is 21.0 Å². The average molecular weight is 413 g/mol. The first kappa shape index (κ1) is 18.1. The number of nitrogen functional groups attached to an aromatic ring is 1. The molecule has 0 aliphatic rings. The quantitative estimate of drug-likeness (QED) is 0.396. The Morgan fingerprint density at radius 1 is 0.967 bits per heavy atom. The van der Waals surface area contributed by atoms with E-state index < -0.39 is 0 Å². The van der Waals surface area contributed by atoms with E-state index in [1.165, 1.54) is 11.3 Å². The van der Waals surface area contributed by atoms with Crippen molar-refractivity contribution in [1.29, 1.82) is 0 Å². The first-order valence-electron chi connectivity index (χ1n) is 9.15. The summed E-state index contributed by atoms with van der Waals surface area (Å²) in [5, 5.41) is 14.7. The summed E-state index contributed by atoms with van der Waals surface area (Å²) in [5.74, 6) is 0.514. The van der Waals surface area contributed by atoms with E-state index >= 15 is 0 Å². The van der Waals surface area contributed by atoms with Crippen molar-refractivity contribution in [3.8, 4) is 28.3 Å². The molecule has 0 spiro atoms. The number of anilines is 1. The number of fused-ring (bicyclic) bond motifs is 1. The Labute approximate surface area is 175 Å². The minimum Gasteiger partial charge on any atom is -0.508 e. The molecule has 0 fully saturated rings. The molecule has 3 aromatic carbocycles. The van der Waals surface area contributed by atoms with Gasteiger partial charge in [0.25, 0.3) is 0 Å². The molecule has 0 saturated carbocycles. The molecule has 0 bridgehead atoms. The van der Waals surface area contributed by atoms with E-state index in [-0.39, 0.29) is 17.5 Å². The second-order valence-corrected chi connectivity index (χ2v) is 7.77. The highest BCUT2D eigenvalue weighted by Gasteiger charge is 2.21. The van der Waals surface area contributed by atoms with Gasteiger partial charge in [-0.1, -0.05) is 59.8 Å². The topological polar surface area (TPSA) is 102 Å². The molecule has 5 rings (SSSR count). The monoisotopic (exact) mass is 413 g/mol. The molecule has 6 nitrogen and oxygen atoms in total. The fourth-order valence-corrected chi connectivity index (χ4v) is 4.61. The molecule has 0 aliphatic heterocycles. The number of phenolic OH excluding ortho intramolecular Hbond substituents is 1. The first-order valence-corrected chi connectivity index (χ1v) is 9.97. The normalized spacial score (nSPS) is 11.1. The Balaban J connectivity index is 1.66. The maximum absolute atomic E-state index is 13.3. The van der Waals surface area contributed by atoms with Crippen LogP contribution in [0.4, 0.5) is 6.01 Å². The minimum absolute atomic E-state index is 0.00783. The van der Waals surface area contributed by atoms with E-state index in [9.17, 15) is 9.90 Å². The highest BCUT2D eigenvalue weighted by atomic mass is 32.1. The average Bonchev–Trinajstić information content (AvgIpc) is 3.37. The minimum atomic E-state index is -0.0543. The summed E-state index contributed by atoms with van der Waals surface area (Å²) >= 11 is 1.37. The molecule has 5 aromatic rings. The molecule has 0 aliphatic carbocycles. The molecule has 7 heteroatoms. The van der Waals surface area contributed by atoms with Crippen molar-refractivity contribution in [1.82, 2.24) is 10.1 Å². The maximum Gasteiger partial charge on any atom is 0.319 e. The predicted octanol–water partition coefficient (Wildman–Crippen LogP) is 5.14. The third kappa shape index (κ3) is 3.11. The first-order chi connectivity index (χ1) is 14.6. The number of ketones is 1. The molecule has 30 heavy (non-hydrogen) atoms. The van der Waals surface area contributed by atoms with Crippen LogP contribution >= 0.6 is 11.3 Å². The Bertz CT molecular complexity index is 1370. The fourth-order valence-electron chi connectivity index (χ4n) is 3.39. The summed E-state index contributed by atoms with van der Waals surface area (Å²) in [6.45, 7) is 0. The zero-order valence-corrected chi connectivity index (χ0v) is 16.4. The van der Waals surface area contributed by atoms with Gasteiger partial charge in [0, 0.05) is 26.8 Å². The van der Waals surface area contributed by atoms with Crippen LogP contribution in [0.15, 0.2) is 77.3 Å². The van der Waals surface area contributed by atoms with Crippen LogP contribution in [-0.2, 0) is 0 Å². The van der Waals surface area contributed by atoms with Crippen LogP contribution in [0.5, 0.6) is 5.75 Å². The summed E-state index contributed by atoms with van der Waals surface area (Å²) in [4.78, 5) is 17.9. The van der Waals surface area contributed by atoms with Gasteiger partial charge in [-0.3, -0.25) is 4.79 Å². The van der Waals surface area contributed by atoms with E-state index in [2.05, 4.69) is 10.1 Å². The van der Waals surface area contributed by atoms with Crippen LogP contribution in [0.25, 0.3) is 32.6 Å². The Hall–Kier alpha value is -3.97. The molecule has 0 amide bonds. The van der Waals surface area contributed by atoms with Crippen molar-refractivity contribution in [3.63, 3.8) is 0 Å². The lowest BCUT2D eigenvalue weighted by Gasteiger charge is -2.06. The summed E-state index contributed by atoms with van der Waals surface area (Å²) in [5.41, 5.74) is 8.60. The molecule has 3 N–H and O–H groups in total. The van der Waals surface area contributed by atoms with Crippen LogP contribution in [0.1, 0.15) is 15.2 Å². The summed E-state index contributed by atoms with van der Waals surface area (Å²) in [6.07, 6.45) is 0. The number of nitrogens with two attached hydrogens (primary N) is 1. The highest BCUT2D eigenvalue weighted by Crippen LogP contribution is 2.41. The SMILES string of the molecule is Nc1nc(-c2ccc(-c3c(C(=O)c4ccccc4)sc4cc(O)ccc34)cc2)no1. The lowest BCUT2D eigenvalue weighted by Crippen LogP contribution is -2.00. The molecule has 146 valence electrons. The number of phenols is 1. The van der Waals surface area contributed by atoms with E-state index in [1.54, 1.807) is 24.3 Å². The van der Waals surface area contributed by atoms with Gasteiger partial charge in [0.1, 0.15) is 5.75 Å². The smallest absolute Gasteiger partial charge is 0.319 e. The fraction of sp³-hybridized carbons (Fsp3) is 0. The lowest BCUT2D eigenvalue weighted by molar-refractivity contribution is 0.104. The van der Waals surface area contributed by atoms with Gasteiger partial charge in [-0.2, -0.15) is 4.98 Å². The molecule has 0 atom stereocenters. The van der Waals surface area contributed by atoms with Gasteiger partial charge in [-0.15, -0.1) is 11.3 Å². The number of carbonyl (C=O) groups is 1. The molecule has 0 unspecified atom stereocenters. The Morgan fingerprint density at radius 3 is 2.40 bits per heavy atom. The number of carbonyl (C=O) groups excluding carboxylic acids is 1. The Kier molecular flexibility index (Phi) is 4.30. The zero-order chi connectivity index (χ0) is 20.7. The molecular weight excluding hydrogens is 398 g/mol. The van der Waals surface area contributed by atoms with Gasteiger partial charge in [0.05, 0.1) is 4.88 Å². The second kappa shape index (κ2) is 7.13. The number of benzene rings is 3. The Morgan fingerprint density at radius 2 is 1.70 bits per heavy atom. The molecule has 0 radical (unpaired) electrons. The summed E-state index contributed by atoms with van der Waals surface area (Å²) < 4.78 is 5.69. The van der Waals surface area contributed by atoms with Crippen molar-refractivity contribution >= 4 is 33.2 Å². The standard InChI is InChI=1S/C23H15N3O3S/c24-23-25-22(26-29-23)15-8-6-13(7-9-15)19-17-11-10-16(27)12-18(17)30-21(19)20(28)14-4-2-1-3-5-14/h1-12,27H,(H2,24,25,26). The highest BCUT2D eigenvalue weighted by molar-refractivity contribution is 7.21. The number of thiophene rings is 1. The second-order valence-electron chi connectivity index (χ2n) is 6.72. The number of aromatic nitrogens is 2. The van der Waals surface area contributed by atoms with Gasteiger partial charge in [0.2, 0.25) is 11.6 Å². The summed E-state index contributed by atoms with van der Waals surface area (Å²) in [7, 11) is 0. The lowest BCUT2D eigenvalue weighted by atomic mass is 9.97. The van der Waals surface area contributed by atoms with E-state index in [4.69, 9.17) is 10.3 Å². The number of hydrogen-bond donors (Lipinski definition) is 2. The number of aromatic hydroxyl groups is 1. The van der Waals surface area contributed by atoms with Crippen molar-refractivity contribution in [3.05, 3.63) is 83.2 Å². The number of hydrogen-bond acceptors (Lipinski definition) is 7. The number of rotatable bonds is 4. The van der Waals surface area contributed by atoms with Crippen molar-refractivity contribution in [2.45, 2.75) is 0 Å². The van der Waals surface area contributed by atoms with Crippen molar-refractivity contribution in [2.24, 2.45) is 0 Å². The zero-order valence-electron chi connectivity index (χ0n) is 15.6. The van der Waals surface area contributed by atoms with Crippen molar-refractivity contribution < 1.29 is 14.4 Å². The van der Waals surface area contributed by atoms with Gasteiger partial charge in [-0.25, -0.2) is 0 Å². The number of nitrogens with zero attached hydrogens (tertiary/aromatic N) is 2. The van der Waals surface area contributed by atoms with Gasteiger partial charge in [0.15, 0.2) is 0 Å².